The predicted molar refractivity (Wildman–Crippen MR) is 101 cm³/mol. The van der Waals surface area contributed by atoms with Crippen molar-refractivity contribution >= 4 is 22.5 Å². The van der Waals surface area contributed by atoms with Crippen LogP contribution in [0.1, 0.15) is 21.6 Å². The number of fused-ring (bicyclic) bond motifs is 1. The van der Waals surface area contributed by atoms with Gasteiger partial charge in [-0.3, -0.25) is 9.78 Å². The molecule has 6 nitrogen and oxygen atoms in total. The Bertz CT molecular complexity index is 1100. The molecule has 128 valence electrons. The van der Waals surface area contributed by atoms with Gasteiger partial charge >= 0.3 is 0 Å². The molecule has 1 amide bonds. The van der Waals surface area contributed by atoms with Crippen molar-refractivity contribution in [2.45, 2.75) is 13.8 Å². The summed E-state index contributed by atoms with van der Waals surface area (Å²) in [7, 11) is 0. The Labute approximate surface area is 150 Å². The lowest BCUT2D eigenvalue weighted by Gasteiger charge is -2.12. The lowest BCUT2D eigenvalue weighted by atomic mass is 10.1. The second kappa shape index (κ2) is 6.40. The number of aryl methyl sites for hydroxylation is 2. The number of anilines is 1. The van der Waals surface area contributed by atoms with Crippen molar-refractivity contribution in [2.24, 2.45) is 0 Å². The smallest absolute Gasteiger partial charge is 0.257 e. The summed E-state index contributed by atoms with van der Waals surface area (Å²) in [5.74, 6) is -0.203. The van der Waals surface area contributed by atoms with E-state index < -0.39 is 0 Å². The molecule has 0 aliphatic heterocycles. The van der Waals surface area contributed by atoms with Crippen LogP contribution in [0.5, 0.6) is 0 Å². The topological polar surface area (TPSA) is 72.7 Å². The zero-order valence-electron chi connectivity index (χ0n) is 14.5. The molecule has 1 N–H and O–H groups in total. The van der Waals surface area contributed by atoms with Crippen molar-refractivity contribution in [3.05, 3.63) is 78.0 Å². The Morgan fingerprint density at radius 2 is 1.92 bits per heavy atom. The highest BCUT2D eigenvalue weighted by molar-refractivity contribution is 6.07. The van der Waals surface area contributed by atoms with Crippen molar-refractivity contribution in [1.29, 1.82) is 0 Å². The molecule has 0 aliphatic rings. The number of nitrogens with zero attached hydrogens (tertiary/aromatic N) is 4. The molecule has 2 aromatic heterocycles. The Morgan fingerprint density at radius 3 is 2.73 bits per heavy atom. The molecular weight excluding hydrogens is 326 g/mol. The molecule has 2 aromatic carbocycles. The monoisotopic (exact) mass is 343 g/mol. The molecule has 4 rings (SSSR count). The number of carbonyl (C=O) groups is 1. The van der Waals surface area contributed by atoms with Crippen LogP contribution in [0.3, 0.4) is 0 Å². The first-order chi connectivity index (χ1) is 12.6. The minimum Gasteiger partial charge on any atom is -0.320 e. The number of hydrogen-bond donors (Lipinski definition) is 1. The van der Waals surface area contributed by atoms with Crippen LogP contribution in [0.2, 0.25) is 0 Å². The highest BCUT2D eigenvalue weighted by Crippen LogP contribution is 2.22. The maximum atomic E-state index is 12.9. The first-order valence-electron chi connectivity index (χ1n) is 8.25. The van der Waals surface area contributed by atoms with E-state index in [-0.39, 0.29) is 5.91 Å². The molecule has 4 aromatic rings. The van der Waals surface area contributed by atoms with Crippen LogP contribution in [0.4, 0.5) is 5.69 Å². The molecule has 0 radical (unpaired) electrons. The summed E-state index contributed by atoms with van der Waals surface area (Å²) >= 11 is 0. The summed E-state index contributed by atoms with van der Waals surface area (Å²) in [5, 5.41) is 8.05. The minimum absolute atomic E-state index is 0.203. The van der Waals surface area contributed by atoms with Crippen molar-refractivity contribution in [2.75, 3.05) is 5.32 Å². The third kappa shape index (κ3) is 2.93. The van der Waals surface area contributed by atoms with Crippen LogP contribution in [0, 0.1) is 13.8 Å². The fourth-order valence-corrected chi connectivity index (χ4v) is 2.92. The van der Waals surface area contributed by atoms with Gasteiger partial charge in [-0.05, 0) is 44.2 Å². The molecule has 0 fully saturated rings. The molecule has 0 saturated heterocycles. The molecule has 0 unspecified atom stereocenters. The van der Waals surface area contributed by atoms with Gasteiger partial charge in [-0.25, -0.2) is 9.67 Å². The summed E-state index contributed by atoms with van der Waals surface area (Å²) in [6, 6.07) is 15.4. The molecule has 0 aliphatic carbocycles. The molecule has 2 heterocycles. The van der Waals surface area contributed by atoms with Crippen LogP contribution >= 0.6 is 0 Å². The Morgan fingerprint density at radius 1 is 1.08 bits per heavy atom. The molecule has 26 heavy (non-hydrogen) atoms. The van der Waals surface area contributed by atoms with Gasteiger partial charge in [-0.15, -0.1) is 0 Å². The van der Waals surface area contributed by atoms with Crippen LogP contribution in [-0.2, 0) is 0 Å². The van der Waals surface area contributed by atoms with Gasteiger partial charge in [0.25, 0.3) is 5.91 Å². The van der Waals surface area contributed by atoms with Crippen LogP contribution < -0.4 is 5.32 Å². The van der Waals surface area contributed by atoms with Crippen LogP contribution in [-0.4, -0.2) is 25.7 Å². The lowest BCUT2D eigenvalue weighted by Crippen LogP contribution is -2.16. The molecule has 0 atom stereocenters. The second-order valence-corrected chi connectivity index (χ2v) is 6.13. The lowest BCUT2D eigenvalue weighted by molar-refractivity contribution is 0.102. The van der Waals surface area contributed by atoms with Gasteiger partial charge in [-0.2, -0.15) is 5.10 Å². The maximum Gasteiger partial charge on any atom is 0.257 e. The normalized spacial score (nSPS) is 10.8. The largest absolute Gasteiger partial charge is 0.320 e. The van der Waals surface area contributed by atoms with E-state index >= 15 is 0 Å². The van der Waals surface area contributed by atoms with E-state index in [9.17, 15) is 4.79 Å². The van der Waals surface area contributed by atoms with E-state index in [0.29, 0.717) is 16.9 Å². The highest BCUT2D eigenvalue weighted by Gasteiger charge is 2.14. The zero-order chi connectivity index (χ0) is 18.1. The standard InChI is InChI=1S/C20H17N5O/c1-13-7-8-17-15(9-13)10-16(14(2)23-17)20(26)24-18-5-3-4-6-19(18)25-12-21-11-22-25/h3-12H,1-2H3,(H,24,26). The number of benzene rings is 2. The molecule has 0 spiro atoms. The van der Waals surface area contributed by atoms with Gasteiger partial charge in [-0.1, -0.05) is 23.8 Å². The average Bonchev–Trinajstić information content (AvgIpc) is 3.16. The number of pyridine rings is 1. The minimum atomic E-state index is -0.203. The molecule has 0 saturated carbocycles. The first kappa shape index (κ1) is 16.0. The number of amides is 1. The Hall–Kier alpha value is -3.54. The van der Waals surface area contributed by atoms with E-state index in [1.54, 1.807) is 11.0 Å². The van der Waals surface area contributed by atoms with E-state index in [1.165, 1.54) is 6.33 Å². The van der Waals surface area contributed by atoms with Gasteiger partial charge in [0.2, 0.25) is 0 Å². The van der Waals surface area contributed by atoms with Gasteiger partial charge in [0.15, 0.2) is 0 Å². The third-order valence-electron chi connectivity index (χ3n) is 4.22. The fraction of sp³-hybridized carbons (Fsp3) is 0.100. The van der Waals surface area contributed by atoms with Crippen LogP contribution in [0.15, 0.2) is 61.2 Å². The Balaban J connectivity index is 1.72. The zero-order valence-corrected chi connectivity index (χ0v) is 14.5. The molecule has 6 heteroatoms. The van der Waals surface area contributed by atoms with Gasteiger partial charge in [0, 0.05) is 5.39 Å². The number of para-hydroxylation sites is 2. The number of hydrogen-bond acceptors (Lipinski definition) is 4. The molecule has 0 bridgehead atoms. The average molecular weight is 343 g/mol. The van der Waals surface area contributed by atoms with E-state index in [0.717, 1.165) is 22.2 Å². The quantitative estimate of drug-likeness (QED) is 0.616. The second-order valence-electron chi connectivity index (χ2n) is 6.13. The SMILES string of the molecule is Cc1ccc2nc(C)c(C(=O)Nc3ccccc3-n3cncn3)cc2c1. The number of aromatic nitrogens is 4. The number of carbonyl (C=O) groups excluding carboxylic acids is 1. The van der Waals surface area contributed by atoms with Crippen LogP contribution in [0.25, 0.3) is 16.6 Å². The predicted octanol–water partition coefficient (Wildman–Crippen LogP) is 3.68. The number of nitrogens with one attached hydrogen (secondary N) is 1. The summed E-state index contributed by atoms with van der Waals surface area (Å²) in [6.45, 7) is 3.87. The van der Waals surface area contributed by atoms with Crippen molar-refractivity contribution < 1.29 is 4.79 Å². The first-order valence-corrected chi connectivity index (χ1v) is 8.25. The van der Waals surface area contributed by atoms with Gasteiger partial charge in [0.05, 0.1) is 28.1 Å². The molecular formula is C20H17N5O. The maximum absolute atomic E-state index is 12.9. The van der Waals surface area contributed by atoms with E-state index in [4.69, 9.17) is 0 Å². The van der Waals surface area contributed by atoms with E-state index in [1.807, 2.05) is 62.4 Å². The fourth-order valence-electron chi connectivity index (χ4n) is 2.92. The summed E-state index contributed by atoms with van der Waals surface area (Å²) in [6.07, 6.45) is 3.05. The summed E-state index contributed by atoms with van der Waals surface area (Å²) in [5.41, 5.74) is 4.67. The van der Waals surface area contributed by atoms with Crippen molar-refractivity contribution in [3.8, 4) is 5.69 Å². The number of rotatable bonds is 3. The Kier molecular flexibility index (Phi) is 3.93. The van der Waals surface area contributed by atoms with Crippen molar-refractivity contribution in [1.82, 2.24) is 19.7 Å². The van der Waals surface area contributed by atoms with Gasteiger partial charge in [0.1, 0.15) is 12.7 Å². The highest BCUT2D eigenvalue weighted by atomic mass is 16.1. The third-order valence-corrected chi connectivity index (χ3v) is 4.22. The summed E-state index contributed by atoms with van der Waals surface area (Å²) < 4.78 is 1.62. The van der Waals surface area contributed by atoms with Crippen molar-refractivity contribution in [3.63, 3.8) is 0 Å². The van der Waals surface area contributed by atoms with Gasteiger partial charge < -0.3 is 5.32 Å². The van der Waals surface area contributed by atoms with E-state index in [2.05, 4.69) is 20.4 Å². The summed E-state index contributed by atoms with van der Waals surface area (Å²) in [4.78, 5) is 21.4.